The zero-order valence-corrected chi connectivity index (χ0v) is 11.1. The van der Waals surface area contributed by atoms with E-state index in [1.54, 1.807) is 16.8 Å². The van der Waals surface area contributed by atoms with Crippen LogP contribution in [0.1, 0.15) is 6.92 Å². The quantitative estimate of drug-likeness (QED) is 0.700. The van der Waals surface area contributed by atoms with Crippen LogP contribution in [0.3, 0.4) is 0 Å². The second-order valence-electron chi connectivity index (χ2n) is 3.88. The summed E-state index contributed by atoms with van der Waals surface area (Å²) in [4.78, 5) is 27.2. The Kier molecular flexibility index (Phi) is 4.64. The average Bonchev–Trinajstić information content (AvgIpc) is 2.34. The summed E-state index contributed by atoms with van der Waals surface area (Å²) < 4.78 is 0. The first-order valence-corrected chi connectivity index (χ1v) is 5.62. The summed E-state index contributed by atoms with van der Waals surface area (Å²) in [6.45, 7) is 2.70. The molecule has 100 valence electrons. The van der Waals surface area contributed by atoms with Crippen molar-refractivity contribution in [2.24, 2.45) is 0 Å². The number of anilines is 3. The maximum Gasteiger partial charge on any atom is 0.239 e. The number of amides is 1. The molecule has 0 radical (unpaired) electrons. The van der Waals surface area contributed by atoms with Gasteiger partial charge in [-0.3, -0.25) is 4.79 Å². The van der Waals surface area contributed by atoms with Gasteiger partial charge in [-0.1, -0.05) is 0 Å². The molecule has 0 aliphatic carbocycles. The fraction of sp³-hybridized carbons (Fsp3) is 0.600. The molecule has 0 saturated carbocycles. The van der Waals surface area contributed by atoms with Crippen LogP contribution >= 0.6 is 0 Å². The molecule has 1 aromatic heterocycles. The van der Waals surface area contributed by atoms with Gasteiger partial charge >= 0.3 is 0 Å². The van der Waals surface area contributed by atoms with E-state index in [1.807, 2.05) is 21.0 Å². The summed E-state index contributed by atoms with van der Waals surface area (Å²) in [6.07, 6.45) is 0. The number of nitrogens with zero attached hydrogens (tertiary/aromatic N) is 5. The standard InChI is InChI=1S/C10H19N7O/c1-5-17(6-7(18)12-2)10-14-8(11)13-9(15-10)16(3)4/h5-6H2,1-4H3,(H,12,18)(H2,11,13,14,15). The summed E-state index contributed by atoms with van der Waals surface area (Å²) in [6, 6.07) is 0. The van der Waals surface area contributed by atoms with Gasteiger partial charge in [-0.25, -0.2) is 0 Å². The van der Waals surface area contributed by atoms with E-state index in [0.717, 1.165) is 0 Å². The Morgan fingerprint density at radius 2 is 1.89 bits per heavy atom. The van der Waals surface area contributed by atoms with Crippen molar-refractivity contribution < 1.29 is 4.79 Å². The maximum atomic E-state index is 11.4. The first-order valence-electron chi connectivity index (χ1n) is 5.62. The molecule has 8 heteroatoms. The molecule has 0 unspecified atom stereocenters. The summed E-state index contributed by atoms with van der Waals surface area (Å²) in [7, 11) is 5.21. The van der Waals surface area contributed by atoms with Gasteiger partial charge in [-0.15, -0.1) is 0 Å². The SMILES string of the molecule is CCN(CC(=O)NC)c1nc(N)nc(N(C)C)n1. The van der Waals surface area contributed by atoms with Crippen molar-refractivity contribution in [3.63, 3.8) is 0 Å². The van der Waals surface area contributed by atoms with Crippen LogP contribution in [0.25, 0.3) is 0 Å². The molecule has 3 N–H and O–H groups in total. The highest BCUT2D eigenvalue weighted by atomic mass is 16.1. The normalized spacial score (nSPS) is 10.0. The number of nitrogens with one attached hydrogen (secondary N) is 1. The van der Waals surface area contributed by atoms with Crippen LogP contribution in [0.5, 0.6) is 0 Å². The van der Waals surface area contributed by atoms with Crippen LogP contribution in [-0.4, -0.2) is 55.1 Å². The Labute approximate surface area is 106 Å². The number of hydrogen-bond acceptors (Lipinski definition) is 7. The van der Waals surface area contributed by atoms with Crippen LogP contribution in [0.15, 0.2) is 0 Å². The lowest BCUT2D eigenvalue weighted by Gasteiger charge is -2.21. The molecule has 0 bridgehead atoms. The van der Waals surface area contributed by atoms with Crippen molar-refractivity contribution >= 4 is 23.8 Å². The van der Waals surface area contributed by atoms with E-state index in [4.69, 9.17) is 5.73 Å². The Morgan fingerprint density at radius 1 is 1.28 bits per heavy atom. The molecule has 0 aromatic carbocycles. The third-order valence-corrected chi connectivity index (χ3v) is 2.31. The molecule has 8 nitrogen and oxygen atoms in total. The molecule has 0 fully saturated rings. The van der Waals surface area contributed by atoms with E-state index in [1.165, 1.54) is 0 Å². The van der Waals surface area contributed by atoms with Gasteiger partial charge in [-0.05, 0) is 6.92 Å². The van der Waals surface area contributed by atoms with Crippen molar-refractivity contribution in [2.45, 2.75) is 6.92 Å². The number of nitrogens with two attached hydrogens (primary N) is 1. The Morgan fingerprint density at radius 3 is 2.39 bits per heavy atom. The van der Waals surface area contributed by atoms with E-state index in [2.05, 4.69) is 20.3 Å². The van der Waals surface area contributed by atoms with Crippen molar-refractivity contribution in [2.75, 3.05) is 49.8 Å². The average molecular weight is 253 g/mol. The van der Waals surface area contributed by atoms with Gasteiger partial charge in [0.1, 0.15) is 0 Å². The van der Waals surface area contributed by atoms with E-state index in [0.29, 0.717) is 18.4 Å². The number of rotatable bonds is 5. The van der Waals surface area contributed by atoms with E-state index in [-0.39, 0.29) is 18.4 Å². The van der Waals surface area contributed by atoms with E-state index in [9.17, 15) is 4.79 Å². The molecule has 1 aromatic rings. The third-order valence-electron chi connectivity index (χ3n) is 2.31. The van der Waals surface area contributed by atoms with Gasteiger partial charge in [0.25, 0.3) is 0 Å². The molecule has 18 heavy (non-hydrogen) atoms. The number of carbonyl (C=O) groups excluding carboxylic acids is 1. The van der Waals surface area contributed by atoms with Crippen LogP contribution in [0.4, 0.5) is 17.8 Å². The largest absolute Gasteiger partial charge is 0.368 e. The number of carbonyl (C=O) groups is 1. The molecule has 0 aliphatic heterocycles. The molecular formula is C10H19N7O. The lowest BCUT2D eigenvalue weighted by Crippen LogP contribution is -2.37. The van der Waals surface area contributed by atoms with Crippen molar-refractivity contribution in [1.82, 2.24) is 20.3 Å². The van der Waals surface area contributed by atoms with Gasteiger partial charge in [0, 0.05) is 27.7 Å². The number of aromatic nitrogens is 3. The minimum Gasteiger partial charge on any atom is -0.368 e. The molecule has 1 amide bonds. The zero-order chi connectivity index (χ0) is 13.7. The molecule has 0 aliphatic rings. The number of hydrogen-bond donors (Lipinski definition) is 2. The van der Waals surface area contributed by atoms with Gasteiger partial charge in [0.2, 0.25) is 23.8 Å². The van der Waals surface area contributed by atoms with Crippen LogP contribution in [0, 0.1) is 0 Å². The Hall–Kier alpha value is -2.12. The smallest absolute Gasteiger partial charge is 0.239 e. The minimum atomic E-state index is -0.109. The van der Waals surface area contributed by atoms with Crippen molar-refractivity contribution in [1.29, 1.82) is 0 Å². The van der Waals surface area contributed by atoms with Crippen molar-refractivity contribution in [3.8, 4) is 0 Å². The van der Waals surface area contributed by atoms with Crippen LogP contribution in [-0.2, 0) is 4.79 Å². The topological polar surface area (TPSA) is 100 Å². The van der Waals surface area contributed by atoms with Gasteiger partial charge in [0.15, 0.2) is 0 Å². The Balaban J connectivity index is 3.01. The molecule has 0 spiro atoms. The minimum absolute atomic E-state index is 0.109. The summed E-state index contributed by atoms with van der Waals surface area (Å²) in [5.41, 5.74) is 5.64. The summed E-state index contributed by atoms with van der Waals surface area (Å²) in [5, 5.41) is 2.56. The predicted molar refractivity (Wildman–Crippen MR) is 70.5 cm³/mol. The van der Waals surface area contributed by atoms with E-state index >= 15 is 0 Å². The molecule has 1 heterocycles. The van der Waals surface area contributed by atoms with Gasteiger partial charge in [-0.2, -0.15) is 15.0 Å². The highest BCUT2D eigenvalue weighted by molar-refractivity contribution is 5.80. The fourth-order valence-electron chi connectivity index (χ4n) is 1.29. The lowest BCUT2D eigenvalue weighted by atomic mass is 10.5. The fourth-order valence-corrected chi connectivity index (χ4v) is 1.29. The van der Waals surface area contributed by atoms with E-state index < -0.39 is 0 Å². The number of nitrogen functional groups attached to an aromatic ring is 1. The third kappa shape index (κ3) is 3.44. The molecule has 1 rings (SSSR count). The van der Waals surface area contributed by atoms with Crippen molar-refractivity contribution in [3.05, 3.63) is 0 Å². The zero-order valence-electron chi connectivity index (χ0n) is 11.1. The molecule has 0 saturated heterocycles. The summed E-state index contributed by atoms with van der Waals surface area (Å²) in [5.74, 6) is 0.895. The highest BCUT2D eigenvalue weighted by Gasteiger charge is 2.14. The molecule has 0 atom stereocenters. The van der Waals surface area contributed by atoms with Crippen LogP contribution < -0.4 is 20.9 Å². The van der Waals surface area contributed by atoms with Gasteiger partial charge in [0.05, 0.1) is 6.54 Å². The predicted octanol–water partition coefficient (Wildman–Crippen LogP) is -0.908. The Bertz CT molecular complexity index is 421. The first-order chi connectivity index (χ1) is 8.47. The maximum absolute atomic E-state index is 11.4. The second kappa shape index (κ2) is 5.99. The highest BCUT2D eigenvalue weighted by Crippen LogP contribution is 2.13. The monoisotopic (exact) mass is 253 g/mol. The number of likely N-dealkylation sites (N-methyl/N-ethyl adjacent to an activating group) is 2. The lowest BCUT2D eigenvalue weighted by molar-refractivity contribution is -0.119. The van der Waals surface area contributed by atoms with Crippen LogP contribution in [0.2, 0.25) is 0 Å². The van der Waals surface area contributed by atoms with Gasteiger partial charge < -0.3 is 20.9 Å². The summed E-state index contributed by atoms with van der Waals surface area (Å²) >= 11 is 0. The second-order valence-corrected chi connectivity index (χ2v) is 3.88. The molecular weight excluding hydrogens is 234 g/mol. The first kappa shape index (κ1) is 13.9.